The Kier molecular flexibility index (Phi) is 7.64. The number of hydrogen-bond acceptors (Lipinski definition) is 1. The number of benzene rings is 2. The van der Waals surface area contributed by atoms with E-state index in [2.05, 4.69) is 72.1 Å². The summed E-state index contributed by atoms with van der Waals surface area (Å²) in [7, 11) is 0. The third-order valence-electron chi connectivity index (χ3n) is 2.81. The summed E-state index contributed by atoms with van der Waals surface area (Å²) in [6, 6.07) is 20.9. The van der Waals surface area contributed by atoms with Crippen LogP contribution in [-0.2, 0) is 6.42 Å². The van der Waals surface area contributed by atoms with Gasteiger partial charge in [-0.3, -0.25) is 0 Å². The first-order valence-corrected chi connectivity index (χ1v) is 6.41. The van der Waals surface area contributed by atoms with Crippen LogP contribution in [0.4, 0.5) is 0 Å². The van der Waals surface area contributed by atoms with E-state index in [1.54, 1.807) is 0 Å². The van der Waals surface area contributed by atoms with Crippen molar-refractivity contribution in [3.05, 3.63) is 77.9 Å². The van der Waals surface area contributed by atoms with Gasteiger partial charge in [0.1, 0.15) is 0 Å². The molecule has 0 aliphatic rings. The number of nitrogens with one attached hydrogen (secondary N) is 1. The lowest BCUT2D eigenvalue weighted by atomic mass is 10.1. The summed E-state index contributed by atoms with van der Waals surface area (Å²) in [5.41, 5.74) is 2.64. The average Bonchev–Trinajstić information content (AvgIpc) is 2.45. The molecule has 0 atom stereocenters. The second kappa shape index (κ2) is 9.37. The Hall–Kier alpha value is -1.57. The molecule has 19 heavy (non-hydrogen) atoms. The molecule has 0 aliphatic carbocycles. The van der Waals surface area contributed by atoms with Crippen LogP contribution in [0, 0.1) is 0 Å². The molecule has 2 aromatic rings. The second-order valence-electron chi connectivity index (χ2n) is 4.25. The number of rotatable bonds is 6. The highest BCUT2D eigenvalue weighted by Gasteiger charge is 1.89. The maximum absolute atomic E-state index is 3.42. The van der Waals surface area contributed by atoms with Crippen LogP contribution in [0.1, 0.15) is 11.1 Å². The van der Waals surface area contributed by atoms with Gasteiger partial charge in [-0.2, -0.15) is 0 Å². The van der Waals surface area contributed by atoms with E-state index in [1.807, 2.05) is 6.07 Å². The largest absolute Gasteiger partial charge is 1.00 e. The average molecular weight is 273 g/mol. The zero-order chi connectivity index (χ0) is 12.5. The molecule has 2 aromatic carbocycles. The van der Waals surface area contributed by atoms with Gasteiger partial charge in [0.05, 0.1) is 0 Å². The van der Waals surface area contributed by atoms with E-state index in [-0.39, 0.29) is 12.4 Å². The van der Waals surface area contributed by atoms with Crippen molar-refractivity contribution in [3.63, 3.8) is 0 Å². The first kappa shape index (κ1) is 15.5. The smallest absolute Gasteiger partial charge is 0.0138 e. The fourth-order valence-corrected chi connectivity index (χ4v) is 1.82. The molecule has 1 N–H and O–H groups in total. The van der Waals surface area contributed by atoms with E-state index in [0.717, 1.165) is 19.5 Å². The molecule has 100 valence electrons. The van der Waals surface area contributed by atoms with Crippen LogP contribution in [0.25, 0.3) is 6.08 Å². The maximum Gasteiger partial charge on any atom is 0.0138 e. The van der Waals surface area contributed by atoms with Gasteiger partial charge in [-0.05, 0) is 24.1 Å². The van der Waals surface area contributed by atoms with Crippen LogP contribution in [0.2, 0.25) is 0 Å². The zero-order valence-electron chi connectivity index (χ0n) is 10.9. The normalized spacial score (nSPS) is 10.3. The van der Waals surface area contributed by atoms with Crippen LogP contribution in [0.15, 0.2) is 66.7 Å². The highest BCUT2D eigenvalue weighted by atomic mass is 35.5. The predicted molar refractivity (Wildman–Crippen MR) is 78.5 cm³/mol. The molecule has 0 aliphatic heterocycles. The molecule has 2 rings (SSSR count). The fraction of sp³-hybridized carbons (Fsp3) is 0.176. The Balaban J connectivity index is 0.00000180. The van der Waals surface area contributed by atoms with Crippen LogP contribution in [0.3, 0.4) is 0 Å². The van der Waals surface area contributed by atoms with Gasteiger partial charge < -0.3 is 17.7 Å². The molecular weight excluding hydrogens is 254 g/mol. The van der Waals surface area contributed by atoms with Crippen molar-refractivity contribution in [1.29, 1.82) is 0 Å². The van der Waals surface area contributed by atoms with Crippen molar-refractivity contribution < 1.29 is 12.4 Å². The first-order chi connectivity index (χ1) is 8.95. The van der Waals surface area contributed by atoms with E-state index < -0.39 is 0 Å². The molecular formula is C17H19ClN-. The molecule has 0 saturated heterocycles. The minimum absolute atomic E-state index is 0. The predicted octanol–water partition coefficient (Wildman–Crippen LogP) is 0.536. The molecule has 0 spiro atoms. The fourth-order valence-electron chi connectivity index (χ4n) is 1.82. The van der Waals surface area contributed by atoms with Crippen LogP contribution in [0.5, 0.6) is 0 Å². The standard InChI is InChI=1S/C17H19N.ClH/c1-3-8-16(9-4-1)12-7-14-18-15-13-17-10-5-2-6-11-17;/h1-12,18H,13-15H2;1H/p-1/b12-7+;. The summed E-state index contributed by atoms with van der Waals surface area (Å²) < 4.78 is 0. The van der Waals surface area contributed by atoms with E-state index >= 15 is 0 Å². The van der Waals surface area contributed by atoms with Crippen molar-refractivity contribution in [2.75, 3.05) is 13.1 Å². The maximum atomic E-state index is 3.42. The summed E-state index contributed by atoms with van der Waals surface area (Å²) in [5, 5.41) is 3.42. The lowest BCUT2D eigenvalue weighted by Gasteiger charge is -2.01. The minimum atomic E-state index is 0. The minimum Gasteiger partial charge on any atom is -1.00 e. The van der Waals surface area contributed by atoms with Crippen molar-refractivity contribution in [2.45, 2.75) is 6.42 Å². The molecule has 0 heterocycles. The molecule has 0 saturated carbocycles. The molecule has 0 bridgehead atoms. The van der Waals surface area contributed by atoms with Crippen molar-refractivity contribution in [3.8, 4) is 0 Å². The Labute approximate surface area is 121 Å². The van der Waals surface area contributed by atoms with Gasteiger partial charge in [0.15, 0.2) is 0 Å². The van der Waals surface area contributed by atoms with Crippen molar-refractivity contribution in [2.24, 2.45) is 0 Å². The van der Waals surface area contributed by atoms with Crippen LogP contribution >= 0.6 is 0 Å². The van der Waals surface area contributed by atoms with E-state index in [0.29, 0.717) is 0 Å². The summed E-state index contributed by atoms with van der Waals surface area (Å²) in [6.45, 7) is 1.94. The number of hydrogen-bond donors (Lipinski definition) is 1. The zero-order valence-corrected chi connectivity index (χ0v) is 11.7. The third kappa shape index (κ3) is 6.23. The van der Waals surface area contributed by atoms with Crippen LogP contribution < -0.4 is 17.7 Å². The van der Waals surface area contributed by atoms with Gasteiger partial charge >= 0.3 is 0 Å². The van der Waals surface area contributed by atoms with Gasteiger partial charge in [0, 0.05) is 6.54 Å². The summed E-state index contributed by atoms with van der Waals surface area (Å²) in [5.74, 6) is 0. The van der Waals surface area contributed by atoms with Gasteiger partial charge in [-0.1, -0.05) is 72.8 Å². The van der Waals surface area contributed by atoms with Crippen LogP contribution in [-0.4, -0.2) is 13.1 Å². The Morgan fingerprint density at radius 2 is 1.47 bits per heavy atom. The summed E-state index contributed by atoms with van der Waals surface area (Å²) in [4.78, 5) is 0. The van der Waals surface area contributed by atoms with Crippen molar-refractivity contribution in [1.82, 2.24) is 5.32 Å². The highest BCUT2D eigenvalue weighted by Crippen LogP contribution is 2.00. The van der Waals surface area contributed by atoms with Gasteiger partial charge in [0.2, 0.25) is 0 Å². The molecule has 0 fully saturated rings. The Morgan fingerprint density at radius 3 is 2.16 bits per heavy atom. The topological polar surface area (TPSA) is 12.0 Å². The quantitative estimate of drug-likeness (QED) is 0.757. The lowest BCUT2D eigenvalue weighted by molar-refractivity contribution is -0.00000360. The van der Waals surface area contributed by atoms with Gasteiger partial charge in [-0.25, -0.2) is 0 Å². The van der Waals surface area contributed by atoms with Gasteiger partial charge in [-0.15, -0.1) is 0 Å². The second-order valence-corrected chi connectivity index (χ2v) is 4.25. The SMILES string of the molecule is C(=C\c1ccccc1)/CNCCc1ccccc1.[Cl-]. The Morgan fingerprint density at radius 1 is 0.842 bits per heavy atom. The lowest BCUT2D eigenvalue weighted by Crippen LogP contribution is -3.00. The molecule has 1 nitrogen and oxygen atoms in total. The molecule has 0 amide bonds. The summed E-state index contributed by atoms with van der Waals surface area (Å²) >= 11 is 0. The van der Waals surface area contributed by atoms with E-state index in [1.165, 1.54) is 11.1 Å². The summed E-state index contributed by atoms with van der Waals surface area (Å²) in [6.07, 6.45) is 5.40. The molecule has 0 unspecified atom stereocenters. The van der Waals surface area contributed by atoms with Crippen molar-refractivity contribution >= 4 is 6.08 Å². The molecule has 0 radical (unpaired) electrons. The first-order valence-electron chi connectivity index (χ1n) is 6.41. The third-order valence-corrected chi connectivity index (χ3v) is 2.81. The molecule has 2 heteroatoms. The van der Waals surface area contributed by atoms with E-state index in [9.17, 15) is 0 Å². The molecule has 0 aromatic heterocycles. The highest BCUT2D eigenvalue weighted by molar-refractivity contribution is 5.48. The van der Waals surface area contributed by atoms with E-state index in [4.69, 9.17) is 0 Å². The number of halogens is 1. The Bertz CT molecular complexity index is 465. The monoisotopic (exact) mass is 272 g/mol. The van der Waals surface area contributed by atoms with Gasteiger partial charge in [0.25, 0.3) is 0 Å².